The monoisotopic (exact) mass is 442 g/mol. The van der Waals surface area contributed by atoms with Crippen LogP contribution in [0.2, 0.25) is 5.02 Å². The van der Waals surface area contributed by atoms with Crippen molar-refractivity contribution in [1.82, 2.24) is 0 Å². The second kappa shape index (κ2) is 8.30. The number of nitrogens with one attached hydrogen (secondary N) is 1. The Morgan fingerprint density at radius 2 is 1.90 bits per heavy atom. The number of anilines is 2. The molecule has 5 nitrogen and oxygen atoms in total. The van der Waals surface area contributed by atoms with Crippen molar-refractivity contribution in [3.05, 3.63) is 81.4 Å². The number of nitrogens with zero attached hydrogens (tertiary/aromatic N) is 1. The SMILES string of the molecule is CCOc1ccccc1NC1=C(c2cccs2)C(=O)N(c2ccc(F)c(Cl)c2)C1=O. The lowest BCUT2D eigenvalue weighted by Gasteiger charge is -2.16. The summed E-state index contributed by atoms with van der Waals surface area (Å²) in [6.45, 7) is 2.31. The Hall–Kier alpha value is -3.16. The summed E-state index contributed by atoms with van der Waals surface area (Å²) < 4.78 is 19.2. The maximum absolute atomic E-state index is 13.6. The molecule has 30 heavy (non-hydrogen) atoms. The molecule has 1 N–H and O–H groups in total. The highest BCUT2D eigenvalue weighted by atomic mass is 35.5. The maximum atomic E-state index is 13.6. The van der Waals surface area contributed by atoms with Gasteiger partial charge < -0.3 is 10.1 Å². The van der Waals surface area contributed by atoms with E-state index in [0.717, 1.165) is 11.0 Å². The molecule has 8 heteroatoms. The molecule has 1 aliphatic heterocycles. The number of thiophene rings is 1. The van der Waals surface area contributed by atoms with E-state index in [9.17, 15) is 14.0 Å². The van der Waals surface area contributed by atoms with Crippen LogP contribution in [0.1, 0.15) is 11.8 Å². The Morgan fingerprint density at radius 1 is 1.10 bits per heavy atom. The van der Waals surface area contributed by atoms with Crippen LogP contribution < -0.4 is 15.0 Å². The maximum Gasteiger partial charge on any atom is 0.282 e. The average molecular weight is 443 g/mol. The van der Waals surface area contributed by atoms with Crippen molar-refractivity contribution in [2.24, 2.45) is 0 Å². The summed E-state index contributed by atoms with van der Waals surface area (Å²) in [5, 5.41) is 4.73. The molecule has 0 spiro atoms. The van der Waals surface area contributed by atoms with Crippen molar-refractivity contribution in [3.8, 4) is 5.75 Å². The first-order valence-corrected chi connectivity index (χ1v) is 10.4. The molecule has 3 aromatic rings. The Balaban J connectivity index is 1.80. The van der Waals surface area contributed by atoms with E-state index in [2.05, 4.69) is 5.32 Å². The van der Waals surface area contributed by atoms with E-state index in [1.807, 2.05) is 18.4 Å². The van der Waals surface area contributed by atoms with Gasteiger partial charge in [-0.15, -0.1) is 11.3 Å². The molecule has 4 rings (SSSR count). The highest BCUT2D eigenvalue weighted by molar-refractivity contribution is 7.11. The van der Waals surface area contributed by atoms with E-state index >= 15 is 0 Å². The number of rotatable bonds is 6. The van der Waals surface area contributed by atoms with Gasteiger partial charge in [0, 0.05) is 4.88 Å². The lowest BCUT2D eigenvalue weighted by atomic mass is 10.1. The van der Waals surface area contributed by atoms with Crippen molar-refractivity contribution >= 4 is 51.7 Å². The van der Waals surface area contributed by atoms with Gasteiger partial charge in [0.2, 0.25) is 0 Å². The number of amides is 2. The predicted octanol–water partition coefficient (Wildman–Crippen LogP) is 5.34. The summed E-state index contributed by atoms with van der Waals surface area (Å²) in [5.41, 5.74) is 1.11. The number of para-hydroxylation sites is 2. The van der Waals surface area contributed by atoms with Gasteiger partial charge >= 0.3 is 0 Å². The van der Waals surface area contributed by atoms with Gasteiger partial charge in [-0.25, -0.2) is 9.29 Å². The zero-order valence-corrected chi connectivity index (χ0v) is 17.4. The molecule has 0 fully saturated rings. The van der Waals surface area contributed by atoms with Crippen molar-refractivity contribution in [1.29, 1.82) is 0 Å². The number of carbonyl (C=O) groups excluding carboxylic acids is 2. The standard InChI is InChI=1S/C22H16ClFN2O3S/c1-2-29-17-7-4-3-6-16(17)25-20-19(18-8-5-11-30-18)21(27)26(22(20)28)13-9-10-15(24)14(23)12-13/h3-12,25H,2H2,1H3. The van der Waals surface area contributed by atoms with E-state index in [0.29, 0.717) is 22.9 Å². The molecular weight excluding hydrogens is 427 g/mol. The normalized spacial score (nSPS) is 13.9. The van der Waals surface area contributed by atoms with Gasteiger partial charge in [-0.2, -0.15) is 0 Å². The van der Waals surface area contributed by atoms with Crippen LogP contribution in [-0.4, -0.2) is 18.4 Å². The lowest BCUT2D eigenvalue weighted by molar-refractivity contribution is -0.120. The summed E-state index contributed by atoms with van der Waals surface area (Å²) in [6, 6.07) is 14.5. The fraction of sp³-hybridized carbons (Fsp3) is 0.0909. The Bertz CT molecular complexity index is 1160. The van der Waals surface area contributed by atoms with Gasteiger partial charge in [0.25, 0.3) is 11.8 Å². The van der Waals surface area contributed by atoms with E-state index < -0.39 is 17.6 Å². The van der Waals surface area contributed by atoms with E-state index in [-0.39, 0.29) is 22.0 Å². The van der Waals surface area contributed by atoms with E-state index in [1.165, 1.54) is 23.5 Å². The number of imide groups is 1. The molecule has 0 aliphatic carbocycles. The first-order valence-electron chi connectivity index (χ1n) is 9.12. The molecule has 152 valence electrons. The number of hydrogen-bond donors (Lipinski definition) is 1. The van der Waals surface area contributed by atoms with Crippen LogP contribution in [-0.2, 0) is 9.59 Å². The molecule has 0 saturated heterocycles. The van der Waals surface area contributed by atoms with Crippen LogP contribution in [0, 0.1) is 5.82 Å². The second-order valence-corrected chi connectivity index (χ2v) is 7.68. The Labute approximate surface area is 181 Å². The zero-order chi connectivity index (χ0) is 21.3. The first kappa shape index (κ1) is 20.1. The van der Waals surface area contributed by atoms with E-state index in [1.54, 1.807) is 30.3 Å². The molecule has 0 atom stereocenters. The van der Waals surface area contributed by atoms with Crippen molar-refractivity contribution in [2.75, 3.05) is 16.8 Å². The van der Waals surface area contributed by atoms with Crippen LogP contribution in [0.3, 0.4) is 0 Å². The number of benzene rings is 2. The Morgan fingerprint density at radius 3 is 2.60 bits per heavy atom. The molecule has 2 heterocycles. The first-order chi connectivity index (χ1) is 14.5. The van der Waals surface area contributed by atoms with Gasteiger partial charge in [0.05, 0.1) is 28.6 Å². The fourth-order valence-corrected chi connectivity index (χ4v) is 4.08. The number of ether oxygens (including phenoxy) is 1. The molecule has 2 amide bonds. The van der Waals surface area contributed by atoms with Gasteiger partial charge in [0.15, 0.2) is 0 Å². The summed E-state index contributed by atoms with van der Waals surface area (Å²) in [5.74, 6) is -1.14. The third kappa shape index (κ3) is 3.58. The summed E-state index contributed by atoms with van der Waals surface area (Å²) in [7, 11) is 0. The zero-order valence-electron chi connectivity index (χ0n) is 15.8. The van der Waals surface area contributed by atoms with Crippen LogP contribution in [0.5, 0.6) is 5.75 Å². The quantitative estimate of drug-likeness (QED) is 0.524. The summed E-state index contributed by atoms with van der Waals surface area (Å²) in [4.78, 5) is 28.2. The van der Waals surface area contributed by atoms with Crippen molar-refractivity contribution < 1.29 is 18.7 Å². The lowest BCUT2D eigenvalue weighted by Crippen LogP contribution is -2.32. The highest BCUT2D eigenvalue weighted by Crippen LogP contribution is 2.37. The number of hydrogen-bond acceptors (Lipinski definition) is 5. The number of carbonyl (C=O) groups is 2. The molecule has 0 radical (unpaired) electrons. The van der Waals surface area contributed by atoms with Gasteiger partial charge in [-0.3, -0.25) is 9.59 Å². The van der Waals surface area contributed by atoms with Gasteiger partial charge in [0.1, 0.15) is 17.3 Å². The summed E-state index contributed by atoms with van der Waals surface area (Å²) >= 11 is 7.22. The molecule has 0 bridgehead atoms. The molecule has 2 aromatic carbocycles. The average Bonchev–Trinajstić information content (AvgIpc) is 3.33. The highest BCUT2D eigenvalue weighted by Gasteiger charge is 2.41. The smallest absolute Gasteiger partial charge is 0.282 e. The van der Waals surface area contributed by atoms with E-state index in [4.69, 9.17) is 16.3 Å². The molecule has 0 unspecified atom stereocenters. The topological polar surface area (TPSA) is 58.6 Å². The largest absolute Gasteiger partial charge is 0.492 e. The third-order valence-electron chi connectivity index (χ3n) is 4.46. The summed E-state index contributed by atoms with van der Waals surface area (Å²) in [6.07, 6.45) is 0. The predicted molar refractivity (Wildman–Crippen MR) is 116 cm³/mol. The molecule has 1 aromatic heterocycles. The minimum atomic E-state index is -0.630. The number of halogens is 2. The molecule has 1 aliphatic rings. The van der Waals surface area contributed by atoms with Crippen LogP contribution in [0.15, 0.2) is 65.7 Å². The Kier molecular flexibility index (Phi) is 5.57. The van der Waals surface area contributed by atoms with Crippen molar-refractivity contribution in [3.63, 3.8) is 0 Å². The van der Waals surface area contributed by atoms with Gasteiger partial charge in [-0.1, -0.05) is 29.8 Å². The molecular formula is C22H16ClFN2O3S. The van der Waals surface area contributed by atoms with Crippen LogP contribution in [0.4, 0.5) is 15.8 Å². The minimum absolute atomic E-state index is 0.120. The van der Waals surface area contributed by atoms with Crippen molar-refractivity contribution in [2.45, 2.75) is 6.92 Å². The second-order valence-electron chi connectivity index (χ2n) is 6.33. The van der Waals surface area contributed by atoms with Crippen LogP contribution >= 0.6 is 22.9 Å². The molecule has 0 saturated carbocycles. The van der Waals surface area contributed by atoms with Gasteiger partial charge in [-0.05, 0) is 48.7 Å². The minimum Gasteiger partial charge on any atom is -0.492 e. The van der Waals surface area contributed by atoms with Crippen LogP contribution in [0.25, 0.3) is 5.57 Å². The third-order valence-corrected chi connectivity index (χ3v) is 5.64. The fourth-order valence-electron chi connectivity index (χ4n) is 3.14.